The Kier molecular flexibility index (Phi) is 11.2. The van der Waals surface area contributed by atoms with E-state index in [1.165, 1.54) is 29.2 Å². The van der Waals surface area contributed by atoms with Crippen LogP contribution in [-0.2, 0) is 26.0 Å². The van der Waals surface area contributed by atoms with Crippen molar-refractivity contribution < 1.29 is 33.0 Å². The molecule has 15 heteroatoms. The van der Waals surface area contributed by atoms with E-state index in [1.807, 2.05) is 17.0 Å². The number of imide groups is 1. The molecule has 262 valence electrons. The number of amides is 4. The Bertz CT molecular complexity index is 1820. The van der Waals surface area contributed by atoms with Crippen molar-refractivity contribution in [3.05, 3.63) is 66.2 Å². The topological polar surface area (TPSA) is 198 Å². The van der Waals surface area contributed by atoms with Gasteiger partial charge in [0.25, 0.3) is 0 Å². The summed E-state index contributed by atoms with van der Waals surface area (Å²) in [5, 5.41) is 27.2. The minimum atomic E-state index is -4.31. The van der Waals surface area contributed by atoms with E-state index in [4.69, 9.17) is 5.84 Å². The minimum absolute atomic E-state index is 0.0757. The number of rotatable bonds is 13. The van der Waals surface area contributed by atoms with Gasteiger partial charge in [-0.1, -0.05) is 36.4 Å². The number of nitrogens with one attached hydrogen (secondary N) is 2. The summed E-state index contributed by atoms with van der Waals surface area (Å²) in [7, 11) is -2.70. The molecule has 0 aromatic heterocycles. The van der Waals surface area contributed by atoms with Crippen LogP contribution in [0.2, 0.25) is 0 Å². The average molecular weight is 694 g/mol. The van der Waals surface area contributed by atoms with Crippen LogP contribution < -0.4 is 15.9 Å². The zero-order valence-electron chi connectivity index (χ0n) is 27.4. The van der Waals surface area contributed by atoms with Gasteiger partial charge < -0.3 is 31.2 Å². The van der Waals surface area contributed by atoms with Gasteiger partial charge in [0.05, 0.1) is 11.3 Å². The molecule has 5 rings (SSSR count). The van der Waals surface area contributed by atoms with Gasteiger partial charge in [-0.3, -0.25) is 14.5 Å². The molecule has 0 bridgehead atoms. The molecule has 0 unspecified atom stereocenters. The molecule has 14 nitrogen and oxygen atoms in total. The molecule has 2 fully saturated rings. The molecule has 0 spiro atoms. The first-order valence-corrected chi connectivity index (χ1v) is 17.8. The van der Waals surface area contributed by atoms with Crippen molar-refractivity contribution in [2.75, 3.05) is 33.2 Å². The molecule has 1 heterocycles. The summed E-state index contributed by atoms with van der Waals surface area (Å²) < 4.78 is 29.9. The maximum Gasteiger partial charge on any atom is 0.324 e. The monoisotopic (exact) mass is 693 g/mol. The van der Waals surface area contributed by atoms with Crippen LogP contribution in [0.5, 0.6) is 11.5 Å². The number of hydrogen-bond acceptors (Lipinski definition) is 9. The molecule has 4 amide bonds. The standard InChI is InChI=1S/C34H43N7O7S/c1-39(20-24-5-4-16-40(21-24)22-37-35)32(44)19-29(38-49(47,48)28-12-9-25-6-2-3-7-26(25)18-28)33(45)41(27-10-11-27)34(46)36-15-14-23-8-13-30(42)31(43)17-23/h2-3,6-9,12-13,17-18,22,24,27,29,38,42-43H,4-5,10-11,14-16,19-21,35H2,1H3,(H,36,46)/t24-,29+/m1/s1. The number of urea groups is 1. The smallest absolute Gasteiger partial charge is 0.324 e. The number of benzene rings is 3. The van der Waals surface area contributed by atoms with Crippen molar-refractivity contribution in [1.82, 2.24) is 24.7 Å². The summed E-state index contributed by atoms with van der Waals surface area (Å²) in [5.41, 5.74) is 0.644. The maximum atomic E-state index is 14.1. The molecular weight excluding hydrogens is 650 g/mol. The molecule has 3 aromatic rings. The largest absolute Gasteiger partial charge is 0.504 e. The Labute approximate surface area is 285 Å². The number of nitrogens with two attached hydrogens (primary N) is 1. The predicted octanol–water partition coefficient (Wildman–Crippen LogP) is 2.30. The zero-order valence-corrected chi connectivity index (χ0v) is 28.2. The lowest BCUT2D eigenvalue weighted by Gasteiger charge is -2.34. The molecule has 1 saturated heterocycles. The second-order valence-electron chi connectivity index (χ2n) is 12.7. The van der Waals surface area contributed by atoms with Crippen molar-refractivity contribution >= 4 is 45.0 Å². The number of phenols is 2. The van der Waals surface area contributed by atoms with Crippen molar-refractivity contribution in [1.29, 1.82) is 0 Å². The lowest BCUT2D eigenvalue weighted by Crippen LogP contribution is -2.55. The highest BCUT2D eigenvalue weighted by molar-refractivity contribution is 7.89. The third-order valence-electron chi connectivity index (χ3n) is 8.84. The Balaban J connectivity index is 1.34. The zero-order chi connectivity index (χ0) is 35.1. The summed E-state index contributed by atoms with van der Waals surface area (Å²) in [6.45, 7) is 1.93. The van der Waals surface area contributed by atoms with Gasteiger partial charge in [0, 0.05) is 39.3 Å². The van der Waals surface area contributed by atoms with Crippen LogP contribution in [0.3, 0.4) is 0 Å². The van der Waals surface area contributed by atoms with Crippen molar-refractivity contribution in [2.45, 2.75) is 55.5 Å². The number of hydrogen-bond donors (Lipinski definition) is 5. The van der Waals surface area contributed by atoms with Crippen LogP contribution in [0.25, 0.3) is 10.8 Å². The van der Waals surface area contributed by atoms with E-state index in [0.29, 0.717) is 43.3 Å². The first-order valence-electron chi connectivity index (χ1n) is 16.3. The molecule has 1 aliphatic heterocycles. The fourth-order valence-corrected chi connectivity index (χ4v) is 7.33. The van der Waals surface area contributed by atoms with E-state index >= 15 is 0 Å². The van der Waals surface area contributed by atoms with E-state index in [2.05, 4.69) is 15.1 Å². The van der Waals surface area contributed by atoms with Gasteiger partial charge in [-0.2, -0.15) is 9.82 Å². The maximum absolute atomic E-state index is 14.1. The van der Waals surface area contributed by atoms with Gasteiger partial charge in [-0.15, -0.1) is 0 Å². The highest BCUT2D eigenvalue weighted by Crippen LogP contribution is 2.29. The summed E-state index contributed by atoms with van der Waals surface area (Å²) in [4.78, 5) is 45.6. The van der Waals surface area contributed by atoms with E-state index in [0.717, 1.165) is 29.7 Å². The number of nitrogens with zero attached hydrogens (tertiary/aromatic N) is 4. The summed E-state index contributed by atoms with van der Waals surface area (Å²) in [6.07, 6.45) is 4.24. The van der Waals surface area contributed by atoms with Gasteiger partial charge >= 0.3 is 6.03 Å². The number of aromatic hydroxyl groups is 2. The third-order valence-corrected chi connectivity index (χ3v) is 10.3. The number of likely N-dealkylation sites (tertiary alicyclic amines) is 1. The first-order chi connectivity index (χ1) is 23.4. The van der Waals surface area contributed by atoms with Crippen LogP contribution in [0, 0.1) is 5.92 Å². The van der Waals surface area contributed by atoms with E-state index in [-0.39, 0.29) is 28.9 Å². The molecule has 2 atom stereocenters. The number of carbonyl (C=O) groups is 3. The number of phenolic OH excluding ortho intramolecular Hbond substituents is 2. The fourth-order valence-electron chi connectivity index (χ4n) is 6.10. The van der Waals surface area contributed by atoms with E-state index in [9.17, 15) is 33.0 Å². The highest BCUT2D eigenvalue weighted by atomic mass is 32.2. The van der Waals surface area contributed by atoms with Crippen LogP contribution in [0.4, 0.5) is 4.79 Å². The molecule has 1 aliphatic carbocycles. The van der Waals surface area contributed by atoms with Crippen LogP contribution in [-0.4, -0.2) is 103 Å². The SMILES string of the molecule is CN(C[C@H]1CCCN(C=NN)C1)C(=O)C[C@H](NS(=O)(=O)c1ccc2ccccc2c1)C(=O)N(C(=O)NCCc1ccc(O)c(O)c1)C1CC1. The number of sulfonamides is 1. The van der Waals surface area contributed by atoms with Gasteiger partial charge in [0.2, 0.25) is 21.8 Å². The summed E-state index contributed by atoms with van der Waals surface area (Å²) in [5.74, 6) is 3.60. The second-order valence-corrected chi connectivity index (χ2v) is 14.4. The molecule has 2 aliphatic rings. The number of hydrazone groups is 1. The first kappa shape index (κ1) is 35.4. The minimum Gasteiger partial charge on any atom is -0.504 e. The predicted molar refractivity (Wildman–Crippen MR) is 184 cm³/mol. The van der Waals surface area contributed by atoms with E-state index in [1.54, 1.807) is 37.7 Å². The normalized spacial score (nSPS) is 17.2. The number of carbonyl (C=O) groups excluding carboxylic acids is 3. The molecule has 0 radical (unpaired) electrons. The molecule has 1 saturated carbocycles. The van der Waals surface area contributed by atoms with Gasteiger partial charge in [0.1, 0.15) is 12.4 Å². The molecule has 49 heavy (non-hydrogen) atoms. The molecule has 6 N–H and O–H groups in total. The number of piperidine rings is 1. The quantitative estimate of drug-likeness (QED) is 0.0586. The van der Waals surface area contributed by atoms with Crippen molar-refractivity contribution in [2.24, 2.45) is 16.9 Å². The Morgan fingerprint density at radius 1 is 1.04 bits per heavy atom. The van der Waals surface area contributed by atoms with Crippen molar-refractivity contribution in [3.63, 3.8) is 0 Å². The van der Waals surface area contributed by atoms with Crippen LogP contribution >= 0.6 is 0 Å². The van der Waals surface area contributed by atoms with Crippen molar-refractivity contribution in [3.8, 4) is 11.5 Å². The van der Waals surface area contributed by atoms with Gasteiger partial charge in [-0.25, -0.2) is 13.2 Å². The fraction of sp³-hybridized carbons (Fsp3) is 0.412. The Morgan fingerprint density at radius 3 is 2.51 bits per heavy atom. The molecular formula is C34H43N7O7S. The van der Waals surface area contributed by atoms with Gasteiger partial charge in [0.15, 0.2) is 11.5 Å². The number of fused-ring (bicyclic) bond motifs is 1. The summed E-state index contributed by atoms with van der Waals surface area (Å²) in [6, 6.07) is 13.5. The van der Waals surface area contributed by atoms with E-state index < -0.39 is 46.4 Å². The second kappa shape index (κ2) is 15.6. The third kappa shape index (κ3) is 9.18. The summed E-state index contributed by atoms with van der Waals surface area (Å²) >= 11 is 0. The lowest BCUT2D eigenvalue weighted by molar-refractivity contribution is -0.137. The molecule has 3 aromatic carbocycles. The van der Waals surface area contributed by atoms with Crippen LogP contribution in [0.1, 0.15) is 37.7 Å². The Hall–Kier alpha value is -4.89. The van der Waals surface area contributed by atoms with Crippen LogP contribution in [0.15, 0.2) is 70.7 Å². The van der Waals surface area contributed by atoms with Gasteiger partial charge in [-0.05, 0) is 78.6 Å². The Morgan fingerprint density at radius 2 is 1.80 bits per heavy atom. The highest BCUT2D eigenvalue weighted by Gasteiger charge is 2.42. The average Bonchev–Trinajstić information content (AvgIpc) is 3.91. The lowest BCUT2D eigenvalue weighted by atomic mass is 9.97.